The van der Waals surface area contributed by atoms with Crippen LogP contribution in [0, 0.1) is 11.3 Å². The van der Waals surface area contributed by atoms with Crippen molar-refractivity contribution < 1.29 is 9.59 Å². The maximum absolute atomic E-state index is 11.6. The zero-order chi connectivity index (χ0) is 13.4. The first-order chi connectivity index (χ1) is 8.45. The molecule has 2 rings (SSSR count). The third kappa shape index (κ3) is 1.82. The molecular weight excluding hydrogens is 277 g/mol. The SMILES string of the molecule is C=C1C(=O)NC(=O)N1c1cc(Cl)c(C#N)c(Cl)c1. The Bertz CT molecular complexity index is 611. The number of urea groups is 1. The molecule has 1 N–H and O–H groups in total. The van der Waals surface area contributed by atoms with Crippen LogP contribution in [0.25, 0.3) is 0 Å². The summed E-state index contributed by atoms with van der Waals surface area (Å²) >= 11 is 11.7. The number of nitrogens with zero attached hydrogens (tertiary/aromatic N) is 2. The van der Waals surface area contributed by atoms with Crippen molar-refractivity contribution in [2.45, 2.75) is 0 Å². The second-order valence-electron chi connectivity index (χ2n) is 3.44. The Kier molecular flexibility index (Phi) is 2.99. The summed E-state index contributed by atoms with van der Waals surface area (Å²) in [5.74, 6) is -0.586. The first-order valence-corrected chi connectivity index (χ1v) is 5.44. The molecule has 0 saturated carbocycles. The van der Waals surface area contributed by atoms with Crippen molar-refractivity contribution in [3.8, 4) is 6.07 Å². The van der Waals surface area contributed by atoms with E-state index in [1.54, 1.807) is 0 Å². The summed E-state index contributed by atoms with van der Waals surface area (Å²) in [5, 5.41) is 11.1. The quantitative estimate of drug-likeness (QED) is 0.635. The second kappa shape index (κ2) is 4.33. The minimum absolute atomic E-state index is 0.0307. The molecule has 0 bridgehead atoms. The summed E-state index contributed by atoms with van der Waals surface area (Å²) in [6, 6.07) is 3.94. The predicted molar refractivity (Wildman–Crippen MR) is 66.3 cm³/mol. The maximum Gasteiger partial charge on any atom is 0.333 e. The molecule has 1 aromatic rings. The molecule has 0 aliphatic carbocycles. The van der Waals surface area contributed by atoms with Gasteiger partial charge in [-0.15, -0.1) is 0 Å². The van der Waals surface area contributed by atoms with E-state index in [1.807, 2.05) is 6.07 Å². The highest BCUT2D eigenvalue weighted by Crippen LogP contribution is 2.32. The number of benzene rings is 1. The number of carbonyl (C=O) groups excluding carboxylic acids is 2. The minimum atomic E-state index is -0.637. The molecule has 5 nitrogen and oxygen atoms in total. The van der Waals surface area contributed by atoms with E-state index < -0.39 is 11.9 Å². The molecule has 1 heterocycles. The number of hydrogen-bond acceptors (Lipinski definition) is 3. The minimum Gasteiger partial charge on any atom is -0.272 e. The Balaban J connectivity index is 2.54. The lowest BCUT2D eigenvalue weighted by molar-refractivity contribution is -0.115. The third-order valence-corrected chi connectivity index (χ3v) is 2.95. The van der Waals surface area contributed by atoms with Crippen molar-refractivity contribution in [1.82, 2.24) is 5.32 Å². The number of imide groups is 1. The van der Waals surface area contributed by atoms with Gasteiger partial charge in [0.2, 0.25) is 0 Å². The molecule has 3 amide bonds. The lowest BCUT2D eigenvalue weighted by atomic mass is 10.2. The summed E-state index contributed by atoms with van der Waals surface area (Å²) in [7, 11) is 0. The number of amides is 3. The van der Waals surface area contributed by atoms with E-state index in [-0.39, 0.29) is 27.0 Å². The van der Waals surface area contributed by atoms with E-state index >= 15 is 0 Å². The Labute approximate surface area is 112 Å². The zero-order valence-corrected chi connectivity index (χ0v) is 10.3. The van der Waals surface area contributed by atoms with Gasteiger partial charge >= 0.3 is 6.03 Å². The zero-order valence-electron chi connectivity index (χ0n) is 8.83. The Morgan fingerprint density at radius 1 is 1.28 bits per heavy atom. The van der Waals surface area contributed by atoms with Crippen LogP contribution in [0.3, 0.4) is 0 Å². The number of nitriles is 1. The summed E-state index contributed by atoms with van der Waals surface area (Å²) in [5.41, 5.74) is 0.354. The topological polar surface area (TPSA) is 73.2 Å². The van der Waals surface area contributed by atoms with Crippen molar-refractivity contribution in [2.24, 2.45) is 0 Å². The van der Waals surface area contributed by atoms with E-state index in [0.29, 0.717) is 0 Å². The monoisotopic (exact) mass is 281 g/mol. The molecule has 1 saturated heterocycles. The number of hydrogen-bond donors (Lipinski definition) is 1. The number of halogens is 2. The Morgan fingerprint density at radius 3 is 2.22 bits per heavy atom. The molecule has 90 valence electrons. The van der Waals surface area contributed by atoms with Gasteiger partial charge in [0, 0.05) is 0 Å². The maximum atomic E-state index is 11.6. The molecular formula is C11H5Cl2N3O2. The third-order valence-electron chi connectivity index (χ3n) is 2.35. The molecule has 1 aliphatic rings. The molecule has 1 aromatic carbocycles. The Hall–Kier alpha value is -2.03. The molecule has 0 radical (unpaired) electrons. The predicted octanol–water partition coefficient (Wildman–Crippen LogP) is 2.43. The highest BCUT2D eigenvalue weighted by atomic mass is 35.5. The van der Waals surface area contributed by atoms with Crippen LogP contribution in [0.15, 0.2) is 24.4 Å². The molecule has 0 aromatic heterocycles. The molecule has 18 heavy (non-hydrogen) atoms. The van der Waals surface area contributed by atoms with Crippen LogP contribution >= 0.6 is 23.2 Å². The molecule has 0 spiro atoms. The largest absolute Gasteiger partial charge is 0.333 e. The van der Waals surface area contributed by atoms with E-state index in [0.717, 1.165) is 4.90 Å². The molecule has 0 unspecified atom stereocenters. The smallest absolute Gasteiger partial charge is 0.272 e. The standard InChI is InChI=1S/C11H5Cl2N3O2/c1-5-10(17)15-11(18)16(5)6-2-8(12)7(4-14)9(13)3-6/h2-3H,1H2,(H,15,17,18). The van der Waals surface area contributed by atoms with Gasteiger partial charge in [-0.1, -0.05) is 29.8 Å². The second-order valence-corrected chi connectivity index (χ2v) is 4.25. The molecule has 0 atom stereocenters. The van der Waals surface area contributed by atoms with Crippen LogP contribution < -0.4 is 10.2 Å². The average Bonchev–Trinajstić information content (AvgIpc) is 2.52. The van der Waals surface area contributed by atoms with Gasteiger partial charge in [-0.2, -0.15) is 5.26 Å². The number of carbonyl (C=O) groups is 2. The van der Waals surface area contributed by atoms with Crippen molar-refractivity contribution in [3.63, 3.8) is 0 Å². The van der Waals surface area contributed by atoms with Gasteiger partial charge in [-0.05, 0) is 12.1 Å². The Morgan fingerprint density at radius 2 is 1.83 bits per heavy atom. The van der Waals surface area contributed by atoms with E-state index in [9.17, 15) is 9.59 Å². The summed E-state index contributed by atoms with van der Waals surface area (Å²) in [6.45, 7) is 3.49. The van der Waals surface area contributed by atoms with Gasteiger partial charge in [-0.3, -0.25) is 15.0 Å². The van der Waals surface area contributed by atoms with E-state index in [1.165, 1.54) is 12.1 Å². The number of nitrogens with one attached hydrogen (secondary N) is 1. The van der Waals surface area contributed by atoms with Crippen LogP contribution in [0.1, 0.15) is 5.56 Å². The van der Waals surface area contributed by atoms with Crippen molar-refractivity contribution in [3.05, 3.63) is 40.0 Å². The highest BCUT2D eigenvalue weighted by molar-refractivity contribution is 6.37. The summed E-state index contributed by atoms with van der Waals surface area (Å²) in [4.78, 5) is 23.9. The van der Waals surface area contributed by atoms with Gasteiger partial charge in [-0.25, -0.2) is 4.79 Å². The fraction of sp³-hybridized carbons (Fsp3) is 0. The number of anilines is 1. The molecule has 1 fully saturated rings. The average molecular weight is 282 g/mol. The molecule has 1 aliphatic heterocycles. The van der Waals surface area contributed by atoms with Crippen LogP contribution in [-0.4, -0.2) is 11.9 Å². The van der Waals surface area contributed by atoms with Gasteiger partial charge in [0.15, 0.2) is 0 Å². The normalized spacial score (nSPS) is 14.7. The van der Waals surface area contributed by atoms with Crippen LogP contribution in [0.5, 0.6) is 0 Å². The van der Waals surface area contributed by atoms with E-state index in [2.05, 4.69) is 11.9 Å². The number of rotatable bonds is 1. The highest BCUT2D eigenvalue weighted by Gasteiger charge is 2.33. The van der Waals surface area contributed by atoms with Gasteiger partial charge < -0.3 is 0 Å². The fourth-order valence-corrected chi connectivity index (χ4v) is 2.08. The van der Waals surface area contributed by atoms with E-state index in [4.69, 9.17) is 28.5 Å². The summed E-state index contributed by atoms with van der Waals surface area (Å²) < 4.78 is 0. The van der Waals surface area contributed by atoms with Crippen LogP contribution in [0.2, 0.25) is 10.0 Å². The van der Waals surface area contributed by atoms with Gasteiger partial charge in [0.1, 0.15) is 11.8 Å². The van der Waals surface area contributed by atoms with Crippen molar-refractivity contribution in [2.75, 3.05) is 4.90 Å². The van der Waals surface area contributed by atoms with Crippen molar-refractivity contribution in [1.29, 1.82) is 5.26 Å². The lowest BCUT2D eigenvalue weighted by Gasteiger charge is -2.15. The molecule has 7 heteroatoms. The first-order valence-electron chi connectivity index (χ1n) is 4.69. The summed E-state index contributed by atoms with van der Waals surface area (Å²) in [6.07, 6.45) is 0. The first kappa shape index (κ1) is 12.4. The van der Waals surface area contributed by atoms with Crippen molar-refractivity contribution >= 4 is 40.8 Å². The lowest BCUT2D eigenvalue weighted by Crippen LogP contribution is -2.27. The fourth-order valence-electron chi connectivity index (χ4n) is 1.52. The van der Waals surface area contributed by atoms with Gasteiger partial charge in [0.05, 0.1) is 21.3 Å². The van der Waals surface area contributed by atoms with Crippen LogP contribution in [0.4, 0.5) is 10.5 Å². The van der Waals surface area contributed by atoms with Gasteiger partial charge in [0.25, 0.3) is 5.91 Å². The van der Waals surface area contributed by atoms with Crippen LogP contribution in [-0.2, 0) is 4.79 Å².